The molecular weight excluding hydrogens is 245 g/mol. The minimum atomic E-state index is 0.458. The molecule has 0 radical (unpaired) electrons. The van der Waals surface area contributed by atoms with Crippen LogP contribution in [-0.4, -0.2) is 31.2 Å². The van der Waals surface area contributed by atoms with Crippen LogP contribution in [0.1, 0.15) is 12.8 Å². The number of nitrogens with zero attached hydrogens (tertiary/aromatic N) is 2. The van der Waals surface area contributed by atoms with Crippen molar-refractivity contribution < 1.29 is 0 Å². The Kier molecular flexibility index (Phi) is 3.90. The number of anilines is 1. The Balaban J connectivity index is 2.15. The SMILES string of the molecule is CN(c1ncc(Cl)cc1Cl)C1CCCNC1. The summed E-state index contributed by atoms with van der Waals surface area (Å²) in [4.78, 5) is 6.42. The van der Waals surface area contributed by atoms with Crippen molar-refractivity contribution >= 4 is 29.0 Å². The molecule has 1 aromatic heterocycles. The largest absolute Gasteiger partial charge is 0.354 e. The van der Waals surface area contributed by atoms with Crippen molar-refractivity contribution in [1.29, 1.82) is 0 Å². The van der Waals surface area contributed by atoms with Gasteiger partial charge in [0.1, 0.15) is 5.82 Å². The second-order valence-electron chi connectivity index (χ2n) is 4.07. The van der Waals surface area contributed by atoms with E-state index in [0.717, 1.165) is 18.9 Å². The fourth-order valence-corrected chi connectivity index (χ4v) is 2.52. The number of piperidine rings is 1. The summed E-state index contributed by atoms with van der Waals surface area (Å²) in [5.74, 6) is 0.805. The highest BCUT2D eigenvalue weighted by atomic mass is 35.5. The van der Waals surface area contributed by atoms with E-state index in [-0.39, 0.29) is 0 Å². The molecule has 1 aliphatic heterocycles. The Morgan fingerprint density at radius 1 is 1.50 bits per heavy atom. The van der Waals surface area contributed by atoms with Crippen LogP contribution in [0.2, 0.25) is 10.0 Å². The van der Waals surface area contributed by atoms with Crippen LogP contribution in [0.5, 0.6) is 0 Å². The molecule has 1 saturated heterocycles. The Bertz CT molecular complexity index is 364. The molecule has 0 aliphatic carbocycles. The van der Waals surface area contributed by atoms with Gasteiger partial charge in [-0.3, -0.25) is 0 Å². The summed E-state index contributed by atoms with van der Waals surface area (Å²) in [6, 6.07) is 2.19. The summed E-state index contributed by atoms with van der Waals surface area (Å²) in [5.41, 5.74) is 0. The van der Waals surface area contributed by atoms with Crippen molar-refractivity contribution in [3.63, 3.8) is 0 Å². The van der Waals surface area contributed by atoms with Crippen LogP contribution < -0.4 is 10.2 Å². The van der Waals surface area contributed by atoms with Gasteiger partial charge in [-0.2, -0.15) is 0 Å². The van der Waals surface area contributed by atoms with Crippen LogP contribution in [-0.2, 0) is 0 Å². The van der Waals surface area contributed by atoms with Crippen molar-refractivity contribution in [2.24, 2.45) is 0 Å². The van der Waals surface area contributed by atoms with Gasteiger partial charge in [-0.05, 0) is 25.5 Å². The first-order valence-corrected chi connectivity index (χ1v) is 6.18. The van der Waals surface area contributed by atoms with Gasteiger partial charge in [0.25, 0.3) is 0 Å². The van der Waals surface area contributed by atoms with Gasteiger partial charge in [-0.1, -0.05) is 23.2 Å². The van der Waals surface area contributed by atoms with Gasteiger partial charge in [0, 0.05) is 25.8 Å². The van der Waals surface area contributed by atoms with Crippen molar-refractivity contribution in [2.75, 3.05) is 25.0 Å². The van der Waals surface area contributed by atoms with E-state index in [0.29, 0.717) is 16.1 Å². The average Bonchev–Trinajstić information content (AvgIpc) is 2.29. The molecule has 16 heavy (non-hydrogen) atoms. The topological polar surface area (TPSA) is 28.2 Å². The fourth-order valence-electron chi connectivity index (χ4n) is 2.00. The number of hydrogen-bond acceptors (Lipinski definition) is 3. The molecule has 1 unspecified atom stereocenters. The number of hydrogen-bond donors (Lipinski definition) is 1. The van der Waals surface area contributed by atoms with Crippen LogP contribution in [0.15, 0.2) is 12.3 Å². The van der Waals surface area contributed by atoms with Gasteiger partial charge in [-0.15, -0.1) is 0 Å². The molecule has 5 heteroatoms. The average molecular weight is 260 g/mol. The van der Waals surface area contributed by atoms with Crippen LogP contribution in [0, 0.1) is 0 Å². The molecule has 1 atom stereocenters. The first-order chi connectivity index (χ1) is 7.68. The van der Waals surface area contributed by atoms with E-state index in [1.54, 1.807) is 12.3 Å². The van der Waals surface area contributed by atoms with E-state index < -0.39 is 0 Å². The molecule has 2 heterocycles. The molecule has 1 fully saturated rings. The zero-order valence-corrected chi connectivity index (χ0v) is 10.7. The molecule has 0 aromatic carbocycles. The Morgan fingerprint density at radius 3 is 2.94 bits per heavy atom. The van der Waals surface area contributed by atoms with Crippen LogP contribution in [0.4, 0.5) is 5.82 Å². The van der Waals surface area contributed by atoms with Crippen molar-refractivity contribution in [3.05, 3.63) is 22.3 Å². The van der Waals surface area contributed by atoms with E-state index in [1.807, 2.05) is 7.05 Å². The van der Waals surface area contributed by atoms with Gasteiger partial charge in [0.2, 0.25) is 0 Å². The molecule has 0 bridgehead atoms. The molecule has 0 spiro atoms. The van der Waals surface area contributed by atoms with Gasteiger partial charge in [-0.25, -0.2) is 4.98 Å². The first kappa shape index (κ1) is 12.0. The van der Waals surface area contributed by atoms with E-state index in [9.17, 15) is 0 Å². The molecule has 3 nitrogen and oxygen atoms in total. The minimum absolute atomic E-state index is 0.458. The zero-order valence-electron chi connectivity index (χ0n) is 9.21. The number of rotatable bonds is 2. The maximum Gasteiger partial charge on any atom is 0.147 e. The number of aromatic nitrogens is 1. The lowest BCUT2D eigenvalue weighted by Crippen LogP contribution is -2.44. The summed E-state index contributed by atoms with van der Waals surface area (Å²) in [5, 5.41) is 4.56. The smallest absolute Gasteiger partial charge is 0.147 e. The van der Waals surface area contributed by atoms with E-state index >= 15 is 0 Å². The highest BCUT2D eigenvalue weighted by molar-refractivity contribution is 6.36. The fraction of sp³-hybridized carbons (Fsp3) is 0.545. The van der Waals surface area contributed by atoms with Crippen molar-refractivity contribution in [3.8, 4) is 0 Å². The molecular formula is C11H15Cl2N3. The molecule has 2 rings (SSSR count). The van der Waals surface area contributed by atoms with Crippen LogP contribution in [0.25, 0.3) is 0 Å². The Labute approximate surface area is 106 Å². The predicted octanol–water partition coefficient (Wildman–Crippen LogP) is 2.58. The molecule has 0 amide bonds. The summed E-state index contributed by atoms with van der Waals surface area (Å²) in [6.07, 6.45) is 4.00. The summed E-state index contributed by atoms with van der Waals surface area (Å²) in [6.45, 7) is 2.09. The third-order valence-corrected chi connectivity index (χ3v) is 3.43. The Morgan fingerprint density at radius 2 is 2.31 bits per heavy atom. The van der Waals surface area contributed by atoms with E-state index in [2.05, 4.69) is 15.2 Å². The number of pyridine rings is 1. The zero-order chi connectivity index (χ0) is 11.5. The van der Waals surface area contributed by atoms with Gasteiger partial charge >= 0.3 is 0 Å². The molecule has 1 aromatic rings. The van der Waals surface area contributed by atoms with Crippen LogP contribution in [0.3, 0.4) is 0 Å². The lowest BCUT2D eigenvalue weighted by Gasteiger charge is -2.32. The lowest BCUT2D eigenvalue weighted by atomic mass is 10.1. The molecule has 0 saturated carbocycles. The second-order valence-corrected chi connectivity index (χ2v) is 4.91. The number of nitrogens with one attached hydrogen (secondary N) is 1. The Hall–Kier alpha value is -0.510. The van der Waals surface area contributed by atoms with Crippen molar-refractivity contribution in [2.45, 2.75) is 18.9 Å². The van der Waals surface area contributed by atoms with E-state index in [1.165, 1.54) is 12.8 Å². The number of halogens is 2. The van der Waals surface area contributed by atoms with Gasteiger partial charge < -0.3 is 10.2 Å². The summed E-state index contributed by atoms with van der Waals surface area (Å²) in [7, 11) is 2.03. The quantitative estimate of drug-likeness (QED) is 0.885. The number of likely N-dealkylation sites (N-methyl/N-ethyl adjacent to an activating group) is 1. The monoisotopic (exact) mass is 259 g/mol. The second kappa shape index (κ2) is 5.21. The minimum Gasteiger partial charge on any atom is -0.354 e. The van der Waals surface area contributed by atoms with E-state index in [4.69, 9.17) is 23.2 Å². The standard InChI is InChI=1S/C11H15Cl2N3/c1-16(9-3-2-4-14-7-9)11-10(13)5-8(12)6-15-11/h5-6,9,14H,2-4,7H2,1H3. The van der Waals surface area contributed by atoms with Crippen LogP contribution >= 0.6 is 23.2 Å². The maximum absolute atomic E-state index is 6.13. The molecule has 1 aliphatic rings. The lowest BCUT2D eigenvalue weighted by molar-refractivity contribution is 0.443. The third kappa shape index (κ3) is 2.59. The summed E-state index contributed by atoms with van der Waals surface area (Å²) >= 11 is 12.0. The van der Waals surface area contributed by atoms with Gasteiger partial charge in [0.15, 0.2) is 0 Å². The highest BCUT2D eigenvalue weighted by Gasteiger charge is 2.20. The first-order valence-electron chi connectivity index (χ1n) is 5.43. The third-order valence-electron chi connectivity index (χ3n) is 2.94. The van der Waals surface area contributed by atoms with Crippen molar-refractivity contribution in [1.82, 2.24) is 10.3 Å². The van der Waals surface area contributed by atoms with Gasteiger partial charge in [0.05, 0.1) is 10.0 Å². The molecule has 1 N–H and O–H groups in total. The highest BCUT2D eigenvalue weighted by Crippen LogP contribution is 2.27. The maximum atomic E-state index is 6.13. The summed E-state index contributed by atoms with van der Waals surface area (Å²) < 4.78 is 0. The predicted molar refractivity (Wildman–Crippen MR) is 68.6 cm³/mol. The normalized spacial score (nSPS) is 20.8. The molecule has 88 valence electrons.